The van der Waals surface area contributed by atoms with Crippen LogP contribution < -0.4 is 10.6 Å². The predicted molar refractivity (Wildman–Crippen MR) is 72.8 cm³/mol. The fourth-order valence-corrected chi connectivity index (χ4v) is 1.63. The van der Waals surface area contributed by atoms with Gasteiger partial charge >= 0.3 is 0 Å². The van der Waals surface area contributed by atoms with Crippen LogP contribution in [0.15, 0.2) is 18.3 Å². The third kappa shape index (κ3) is 4.61. The van der Waals surface area contributed by atoms with Crippen LogP contribution in [-0.2, 0) is 0 Å². The number of carbonyl (C=O) groups is 1. The molecule has 17 heavy (non-hydrogen) atoms. The molecule has 0 unspecified atom stereocenters. The Morgan fingerprint density at radius 1 is 1.35 bits per heavy atom. The third-order valence-corrected chi connectivity index (χ3v) is 2.34. The lowest BCUT2D eigenvalue weighted by molar-refractivity contribution is 0.1000. The van der Waals surface area contributed by atoms with Crippen LogP contribution in [-0.4, -0.2) is 24.0 Å². The molecule has 2 N–H and O–H groups in total. The van der Waals surface area contributed by atoms with Gasteiger partial charge in [-0.25, -0.2) is 4.98 Å². The Labute approximate surface area is 109 Å². The number of nitrogens with zero attached hydrogens (tertiary/aromatic N) is 2. The fourth-order valence-electron chi connectivity index (χ4n) is 1.63. The van der Waals surface area contributed by atoms with Crippen LogP contribution in [0.3, 0.4) is 0 Å². The molecule has 0 aromatic carbocycles. The van der Waals surface area contributed by atoms with Gasteiger partial charge in [-0.05, 0) is 25.0 Å². The molecule has 1 amide bonds. The lowest BCUT2D eigenvalue weighted by atomic mass is 10.2. The van der Waals surface area contributed by atoms with Gasteiger partial charge in [0.25, 0.3) is 0 Å². The standard InChI is InChI=1S/C12H19N3O.ClH/c1-3-7-15(8-4-2)11-9-10(12(13)16)5-6-14-11;/h5-6,9H,3-4,7-8H2,1-2H3,(H2,13,16);1H. The van der Waals surface area contributed by atoms with E-state index in [9.17, 15) is 4.79 Å². The highest BCUT2D eigenvalue weighted by Crippen LogP contribution is 2.13. The number of primary amides is 1. The number of hydrogen-bond acceptors (Lipinski definition) is 3. The van der Waals surface area contributed by atoms with E-state index >= 15 is 0 Å². The Morgan fingerprint density at radius 2 is 1.94 bits per heavy atom. The Balaban J connectivity index is 0.00000256. The summed E-state index contributed by atoms with van der Waals surface area (Å²) < 4.78 is 0. The van der Waals surface area contributed by atoms with E-state index in [1.807, 2.05) is 0 Å². The van der Waals surface area contributed by atoms with E-state index in [1.54, 1.807) is 18.3 Å². The first-order chi connectivity index (χ1) is 7.69. The molecule has 0 aliphatic heterocycles. The molecular weight excluding hydrogens is 238 g/mol. The summed E-state index contributed by atoms with van der Waals surface area (Å²) in [5.41, 5.74) is 5.76. The lowest BCUT2D eigenvalue weighted by Gasteiger charge is -2.22. The van der Waals surface area contributed by atoms with Gasteiger partial charge in [0.05, 0.1) is 0 Å². The van der Waals surface area contributed by atoms with Gasteiger partial charge in [-0.3, -0.25) is 4.79 Å². The molecule has 1 aromatic heterocycles. The average Bonchev–Trinajstić information content (AvgIpc) is 2.29. The summed E-state index contributed by atoms with van der Waals surface area (Å²) in [7, 11) is 0. The maximum Gasteiger partial charge on any atom is 0.248 e. The first-order valence-electron chi connectivity index (χ1n) is 5.69. The molecule has 0 radical (unpaired) electrons. The second-order valence-corrected chi connectivity index (χ2v) is 3.75. The zero-order chi connectivity index (χ0) is 12.0. The molecule has 0 fully saturated rings. The quantitative estimate of drug-likeness (QED) is 0.850. The van der Waals surface area contributed by atoms with Crippen LogP contribution in [0, 0.1) is 0 Å². The number of halogens is 1. The number of anilines is 1. The van der Waals surface area contributed by atoms with Crippen LogP contribution in [0.1, 0.15) is 37.0 Å². The van der Waals surface area contributed by atoms with E-state index in [2.05, 4.69) is 23.7 Å². The minimum Gasteiger partial charge on any atom is -0.366 e. The molecule has 1 rings (SSSR count). The van der Waals surface area contributed by atoms with Crippen molar-refractivity contribution in [3.05, 3.63) is 23.9 Å². The molecule has 0 atom stereocenters. The minimum atomic E-state index is -0.406. The van der Waals surface area contributed by atoms with E-state index in [0.29, 0.717) is 5.56 Å². The van der Waals surface area contributed by atoms with E-state index in [0.717, 1.165) is 31.7 Å². The highest BCUT2D eigenvalue weighted by molar-refractivity contribution is 5.93. The maximum atomic E-state index is 11.1. The van der Waals surface area contributed by atoms with Gasteiger partial charge in [-0.2, -0.15) is 0 Å². The maximum absolute atomic E-state index is 11.1. The zero-order valence-electron chi connectivity index (χ0n) is 10.3. The zero-order valence-corrected chi connectivity index (χ0v) is 11.2. The van der Waals surface area contributed by atoms with Crippen molar-refractivity contribution in [1.29, 1.82) is 0 Å². The molecule has 0 spiro atoms. The van der Waals surface area contributed by atoms with E-state index in [1.165, 1.54) is 0 Å². The molecule has 5 heteroatoms. The molecule has 96 valence electrons. The normalized spacial score (nSPS) is 9.53. The summed E-state index contributed by atoms with van der Waals surface area (Å²) in [6, 6.07) is 3.40. The molecule has 0 saturated heterocycles. The summed E-state index contributed by atoms with van der Waals surface area (Å²) in [4.78, 5) is 17.5. The van der Waals surface area contributed by atoms with Crippen molar-refractivity contribution in [3.8, 4) is 0 Å². The van der Waals surface area contributed by atoms with Gasteiger partial charge in [0, 0.05) is 24.8 Å². The fraction of sp³-hybridized carbons (Fsp3) is 0.500. The van der Waals surface area contributed by atoms with Crippen molar-refractivity contribution in [1.82, 2.24) is 4.98 Å². The van der Waals surface area contributed by atoms with Crippen molar-refractivity contribution >= 4 is 24.1 Å². The number of nitrogens with two attached hydrogens (primary N) is 1. The first kappa shape index (κ1) is 15.7. The molecule has 0 saturated carbocycles. The summed E-state index contributed by atoms with van der Waals surface area (Å²) in [6.45, 7) is 6.15. The molecule has 0 aliphatic rings. The monoisotopic (exact) mass is 257 g/mol. The molecular formula is C12H20ClN3O. The summed E-state index contributed by atoms with van der Waals surface area (Å²) in [5, 5.41) is 0. The van der Waals surface area contributed by atoms with Crippen LogP contribution in [0.4, 0.5) is 5.82 Å². The van der Waals surface area contributed by atoms with Crippen molar-refractivity contribution in [2.24, 2.45) is 5.73 Å². The topological polar surface area (TPSA) is 59.2 Å². The number of amides is 1. The molecule has 1 heterocycles. The van der Waals surface area contributed by atoms with Gasteiger partial charge in [0.1, 0.15) is 5.82 Å². The SMILES string of the molecule is CCCN(CCC)c1cc(C(N)=O)ccn1.Cl. The highest BCUT2D eigenvalue weighted by atomic mass is 35.5. The number of carbonyl (C=O) groups excluding carboxylic acids is 1. The van der Waals surface area contributed by atoms with Crippen molar-refractivity contribution in [3.63, 3.8) is 0 Å². The van der Waals surface area contributed by atoms with Gasteiger partial charge in [-0.1, -0.05) is 13.8 Å². The Morgan fingerprint density at radius 3 is 2.41 bits per heavy atom. The van der Waals surface area contributed by atoms with E-state index < -0.39 is 5.91 Å². The molecule has 0 aliphatic carbocycles. The second-order valence-electron chi connectivity index (χ2n) is 3.75. The van der Waals surface area contributed by atoms with Crippen molar-refractivity contribution in [2.75, 3.05) is 18.0 Å². The van der Waals surface area contributed by atoms with Crippen LogP contribution >= 0.6 is 12.4 Å². The summed E-state index contributed by atoms with van der Waals surface area (Å²) >= 11 is 0. The van der Waals surface area contributed by atoms with E-state index in [-0.39, 0.29) is 12.4 Å². The Hall–Kier alpha value is -1.29. The number of hydrogen-bond donors (Lipinski definition) is 1. The largest absolute Gasteiger partial charge is 0.366 e. The first-order valence-corrected chi connectivity index (χ1v) is 5.69. The molecule has 4 nitrogen and oxygen atoms in total. The van der Waals surface area contributed by atoms with Gasteiger partial charge in [-0.15, -0.1) is 12.4 Å². The number of pyridine rings is 1. The summed E-state index contributed by atoms with van der Waals surface area (Å²) in [5.74, 6) is 0.427. The third-order valence-electron chi connectivity index (χ3n) is 2.34. The van der Waals surface area contributed by atoms with Crippen LogP contribution in [0.2, 0.25) is 0 Å². The van der Waals surface area contributed by atoms with Gasteiger partial charge in [0.15, 0.2) is 0 Å². The van der Waals surface area contributed by atoms with Crippen molar-refractivity contribution in [2.45, 2.75) is 26.7 Å². The molecule has 1 aromatic rings. The van der Waals surface area contributed by atoms with Crippen molar-refractivity contribution < 1.29 is 4.79 Å². The number of aromatic nitrogens is 1. The van der Waals surface area contributed by atoms with Gasteiger partial charge < -0.3 is 10.6 Å². The van der Waals surface area contributed by atoms with Crippen LogP contribution in [0.25, 0.3) is 0 Å². The smallest absolute Gasteiger partial charge is 0.248 e. The Kier molecular flexibility index (Phi) is 7.30. The molecule has 0 bridgehead atoms. The highest BCUT2D eigenvalue weighted by Gasteiger charge is 2.08. The summed E-state index contributed by atoms with van der Waals surface area (Å²) in [6.07, 6.45) is 3.75. The van der Waals surface area contributed by atoms with E-state index in [4.69, 9.17) is 5.73 Å². The average molecular weight is 258 g/mol. The lowest BCUT2D eigenvalue weighted by Crippen LogP contribution is -2.26. The second kappa shape index (κ2) is 7.90. The Bertz CT molecular complexity index is 351. The number of rotatable bonds is 6. The predicted octanol–water partition coefficient (Wildman–Crippen LogP) is 2.23. The van der Waals surface area contributed by atoms with Crippen LogP contribution in [0.5, 0.6) is 0 Å². The van der Waals surface area contributed by atoms with Gasteiger partial charge in [0.2, 0.25) is 5.91 Å². The minimum absolute atomic E-state index is 0.